The molecule has 0 spiro atoms. The Morgan fingerprint density at radius 3 is 2.53 bits per heavy atom. The predicted octanol–water partition coefficient (Wildman–Crippen LogP) is 3.37. The van der Waals surface area contributed by atoms with E-state index in [1.165, 1.54) is 5.56 Å². The van der Waals surface area contributed by atoms with Crippen LogP contribution in [0.3, 0.4) is 0 Å². The van der Waals surface area contributed by atoms with Crippen LogP contribution >= 0.6 is 0 Å². The number of aryl methyl sites for hydroxylation is 1. The van der Waals surface area contributed by atoms with Crippen LogP contribution in [0.15, 0.2) is 60.7 Å². The number of carbonyl (C=O) groups excluding carboxylic acids is 2. The minimum absolute atomic E-state index is 0.0357. The number of carbonyl (C=O) groups is 2. The summed E-state index contributed by atoms with van der Waals surface area (Å²) in [6.07, 6.45) is 3.69. The van der Waals surface area contributed by atoms with Crippen molar-refractivity contribution in [1.82, 2.24) is 20.5 Å². The molecular formula is C26H32N4O2. The molecule has 168 valence electrons. The molecule has 3 N–H and O–H groups in total. The molecule has 2 atom stereocenters. The van der Waals surface area contributed by atoms with Crippen molar-refractivity contribution in [3.8, 4) is 0 Å². The second-order valence-corrected chi connectivity index (χ2v) is 8.57. The maximum atomic E-state index is 13.0. The van der Waals surface area contributed by atoms with Crippen molar-refractivity contribution in [2.45, 2.75) is 38.3 Å². The Kier molecular flexibility index (Phi) is 7.22. The highest BCUT2D eigenvalue weighted by Crippen LogP contribution is 2.26. The SMILES string of the molecule is Cn1c(C(=O)N[C@H]2CCCC[C@H]2C(=O)NCCNCc2ccccc2)cc2ccccc21. The Hall–Kier alpha value is -3.12. The van der Waals surface area contributed by atoms with Crippen LogP contribution in [-0.4, -0.2) is 35.5 Å². The van der Waals surface area contributed by atoms with Crippen LogP contribution in [-0.2, 0) is 18.4 Å². The summed E-state index contributed by atoms with van der Waals surface area (Å²) in [5, 5.41) is 10.6. The summed E-state index contributed by atoms with van der Waals surface area (Å²) in [7, 11) is 1.91. The highest BCUT2D eigenvalue weighted by molar-refractivity contribution is 5.99. The summed E-state index contributed by atoms with van der Waals surface area (Å²) in [6.45, 7) is 2.07. The van der Waals surface area contributed by atoms with E-state index in [0.29, 0.717) is 18.8 Å². The molecule has 0 bridgehead atoms. The van der Waals surface area contributed by atoms with Crippen LogP contribution in [0.4, 0.5) is 0 Å². The van der Waals surface area contributed by atoms with Crippen LogP contribution in [0, 0.1) is 5.92 Å². The molecule has 1 aliphatic rings. The van der Waals surface area contributed by atoms with Crippen molar-refractivity contribution in [1.29, 1.82) is 0 Å². The smallest absolute Gasteiger partial charge is 0.268 e. The molecule has 1 fully saturated rings. The van der Waals surface area contributed by atoms with Gasteiger partial charge in [-0.2, -0.15) is 0 Å². The molecule has 2 amide bonds. The fourth-order valence-corrected chi connectivity index (χ4v) is 4.60. The van der Waals surface area contributed by atoms with E-state index < -0.39 is 0 Å². The molecule has 4 rings (SSSR count). The molecule has 0 aliphatic heterocycles. The number of amides is 2. The molecule has 32 heavy (non-hydrogen) atoms. The lowest BCUT2D eigenvalue weighted by Crippen LogP contribution is -2.49. The Balaban J connectivity index is 1.30. The lowest BCUT2D eigenvalue weighted by Gasteiger charge is -2.31. The van der Waals surface area contributed by atoms with Crippen LogP contribution in [0.25, 0.3) is 10.9 Å². The Morgan fingerprint density at radius 2 is 1.72 bits per heavy atom. The first-order valence-electron chi connectivity index (χ1n) is 11.5. The van der Waals surface area contributed by atoms with Gasteiger partial charge >= 0.3 is 0 Å². The van der Waals surface area contributed by atoms with Gasteiger partial charge in [-0.25, -0.2) is 0 Å². The van der Waals surface area contributed by atoms with Crippen molar-refractivity contribution in [3.63, 3.8) is 0 Å². The maximum Gasteiger partial charge on any atom is 0.268 e. The molecule has 1 heterocycles. The quantitative estimate of drug-likeness (QED) is 0.478. The summed E-state index contributed by atoms with van der Waals surface area (Å²) >= 11 is 0. The van der Waals surface area contributed by atoms with Gasteiger partial charge in [-0.1, -0.05) is 61.4 Å². The highest BCUT2D eigenvalue weighted by Gasteiger charge is 2.32. The second-order valence-electron chi connectivity index (χ2n) is 8.57. The summed E-state index contributed by atoms with van der Waals surface area (Å²) in [6, 6.07) is 20.0. The van der Waals surface area contributed by atoms with E-state index in [1.54, 1.807) is 0 Å². The molecule has 3 aromatic rings. The monoisotopic (exact) mass is 432 g/mol. The van der Waals surface area contributed by atoms with Gasteiger partial charge in [0.1, 0.15) is 5.69 Å². The van der Waals surface area contributed by atoms with Crippen molar-refractivity contribution in [2.24, 2.45) is 13.0 Å². The maximum absolute atomic E-state index is 13.0. The molecule has 1 saturated carbocycles. The number of nitrogens with one attached hydrogen (secondary N) is 3. The zero-order valence-electron chi connectivity index (χ0n) is 18.6. The van der Waals surface area contributed by atoms with Gasteiger partial charge in [0.25, 0.3) is 5.91 Å². The number of rotatable bonds is 8. The highest BCUT2D eigenvalue weighted by atomic mass is 16.2. The number of nitrogens with zero attached hydrogens (tertiary/aromatic N) is 1. The van der Waals surface area contributed by atoms with E-state index >= 15 is 0 Å². The zero-order chi connectivity index (χ0) is 22.3. The number of hydrogen-bond acceptors (Lipinski definition) is 3. The van der Waals surface area contributed by atoms with Crippen LogP contribution < -0.4 is 16.0 Å². The van der Waals surface area contributed by atoms with E-state index in [1.807, 2.05) is 60.1 Å². The van der Waals surface area contributed by atoms with E-state index in [0.717, 1.165) is 43.1 Å². The van der Waals surface area contributed by atoms with Gasteiger partial charge in [-0.05, 0) is 30.5 Å². The summed E-state index contributed by atoms with van der Waals surface area (Å²) in [5.74, 6) is -0.261. The van der Waals surface area contributed by atoms with Crippen LogP contribution in [0.2, 0.25) is 0 Å². The van der Waals surface area contributed by atoms with Gasteiger partial charge in [0.2, 0.25) is 5.91 Å². The van der Waals surface area contributed by atoms with Gasteiger partial charge in [0.05, 0.1) is 5.92 Å². The van der Waals surface area contributed by atoms with E-state index in [9.17, 15) is 9.59 Å². The molecule has 0 saturated heterocycles. The first kappa shape index (κ1) is 22.1. The minimum Gasteiger partial charge on any atom is -0.355 e. The van der Waals surface area contributed by atoms with Crippen molar-refractivity contribution in [3.05, 3.63) is 71.9 Å². The molecule has 1 aromatic heterocycles. The first-order chi connectivity index (χ1) is 15.6. The largest absolute Gasteiger partial charge is 0.355 e. The Labute approximate surface area is 189 Å². The third kappa shape index (κ3) is 5.19. The molecule has 0 radical (unpaired) electrons. The number of para-hydroxylation sites is 1. The number of fused-ring (bicyclic) bond motifs is 1. The fourth-order valence-electron chi connectivity index (χ4n) is 4.60. The van der Waals surface area contributed by atoms with Crippen LogP contribution in [0.1, 0.15) is 41.7 Å². The molecule has 0 unspecified atom stereocenters. The number of aromatic nitrogens is 1. The lowest BCUT2D eigenvalue weighted by atomic mass is 9.83. The molecule has 1 aliphatic carbocycles. The van der Waals surface area contributed by atoms with Gasteiger partial charge in [0, 0.05) is 43.6 Å². The first-order valence-corrected chi connectivity index (χ1v) is 11.5. The average molecular weight is 433 g/mol. The summed E-state index contributed by atoms with van der Waals surface area (Å²) in [5.41, 5.74) is 2.88. The lowest BCUT2D eigenvalue weighted by molar-refractivity contribution is -0.126. The van der Waals surface area contributed by atoms with E-state index in [4.69, 9.17) is 0 Å². The fraction of sp³-hybridized carbons (Fsp3) is 0.385. The van der Waals surface area contributed by atoms with E-state index in [-0.39, 0.29) is 23.8 Å². The van der Waals surface area contributed by atoms with Gasteiger partial charge in [-0.3, -0.25) is 9.59 Å². The number of benzene rings is 2. The van der Waals surface area contributed by atoms with Gasteiger partial charge < -0.3 is 20.5 Å². The van der Waals surface area contributed by atoms with Gasteiger partial charge in [0.15, 0.2) is 0 Å². The third-order valence-electron chi connectivity index (χ3n) is 6.38. The average Bonchev–Trinajstić information content (AvgIpc) is 3.16. The van der Waals surface area contributed by atoms with Crippen molar-refractivity contribution in [2.75, 3.05) is 13.1 Å². The Bertz CT molecular complexity index is 1060. The third-order valence-corrected chi connectivity index (χ3v) is 6.38. The summed E-state index contributed by atoms with van der Waals surface area (Å²) < 4.78 is 1.92. The van der Waals surface area contributed by atoms with Gasteiger partial charge in [-0.15, -0.1) is 0 Å². The Morgan fingerprint density at radius 1 is 0.969 bits per heavy atom. The standard InChI is InChI=1S/C26H32N4O2/c1-30-23-14-8-5-11-20(23)17-24(30)26(32)29-22-13-7-6-12-21(22)25(31)28-16-15-27-18-19-9-3-2-4-10-19/h2-5,8-11,14,17,21-22,27H,6-7,12-13,15-16,18H2,1H3,(H,28,31)(H,29,32)/t21-,22+/m1/s1. The molecule has 2 aromatic carbocycles. The predicted molar refractivity (Wildman–Crippen MR) is 127 cm³/mol. The van der Waals surface area contributed by atoms with E-state index in [2.05, 4.69) is 28.1 Å². The minimum atomic E-state index is -0.184. The summed E-state index contributed by atoms with van der Waals surface area (Å²) in [4.78, 5) is 25.9. The zero-order valence-corrected chi connectivity index (χ0v) is 18.6. The molecule has 6 heteroatoms. The normalized spacial score (nSPS) is 18.4. The van der Waals surface area contributed by atoms with Crippen molar-refractivity contribution >= 4 is 22.7 Å². The molecular weight excluding hydrogens is 400 g/mol. The number of hydrogen-bond donors (Lipinski definition) is 3. The molecule has 6 nitrogen and oxygen atoms in total. The second kappa shape index (κ2) is 10.5. The topological polar surface area (TPSA) is 75.2 Å². The van der Waals surface area contributed by atoms with Crippen molar-refractivity contribution < 1.29 is 9.59 Å². The van der Waals surface area contributed by atoms with Crippen LogP contribution in [0.5, 0.6) is 0 Å².